The predicted octanol–water partition coefficient (Wildman–Crippen LogP) is 6.89. The highest BCUT2D eigenvalue weighted by Gasteiger charge is 2.53. The second-order valence-electron chi connectivity index (χ2n) is 9.22. The third-order valence-corrected chi connectivity index (χ3v) is 9.23. The lowest BCUT2D eigenvalue weighted by atomic mass is 9.95. The minimum atomic E-state index is -3.31. The summed E-state index contributed by atoms with van der Waals surface area (Å²) in [6.07, 6.45) is 1.38. The smallest absolute Gasteiger partial charge is 0.237 e. The largest absolute Gasteiger partial charge is 0.338 e. The van der Waals surface area contributed by atoms with Crippen LogP contribution >= 0.6 is 34.8 Å². The van der Waals surface area contributed by atoms with Gasteiger partial charge in [-0.3, -0.25) is 4.79 Å². The lowest BCUT2D eigenvalue weighted by Gasteiger charge is -2.17. The van der Waals surface area contributed by atoms with E-state index in [0.717, 1.165) is 0 Å². The van der Waals surface area contributed by atoms with Crippen LogP contribution < -0.4 is 5.32 Å². The Morgan fingerprint density at radius 2 is 1.69 bits per heavy atom. The Bertz CT molecular complexity index is 1660. The third kappa shape index (κ3) is 5.54. The van der Waals surface area contributed by atoms with Crippen molar-refractivity contribution in [1.29, 1.82) is 0 Å². The average molecular weight is 609 g/mol. The van der Waals surface area contributed by atoms with Crippen molar-refractivity contribution in [3.05, 3.63) is 92.5 Å². The number of nitrogens with zero attached hydrogens (tertiary/aromatic N) is 2. The van der Waals surface area contributed by atoms with Crippen LogP contribution in [0.15, 0.2) is 64.0 Å². The van der Waals surface area contributed by atoms with Crippen LogP contribution in [0.2, 0.25) is 15.1 Å². The Morgan fingerprint density at radius 3 is 2.28 bits per heavy atom. The molecule has 3 aromatic carbocycles. The molecule has 12 heteroatoms. The van der Waals surface area contributed by atoms with Crippen LogP contribution in [-0.2, 0) is 26.5 Å². The zero-order chi connectivity index (χ0) is 27.9. The van der Waals surface area contributed by atoms with Crippen LogP contribution in [0.5, 0.6) is 0 Å². The molecule has 0 radical (unpaired) electrons. The maximum atomic E-state index is 13.5. The van der Waals surface area contributed by atoms with Gasteiger partial charge in [-0.25, -0.2) is 12.8 Å². The van der Waals surface area contributed by atoms with Crippen LogP contribution in [0.4, 0.5) is 10.1 Å². The van der Waals surface area contributed by atoms with Gasteiger partial charge in [-0.15, -0.1) is 0 Å². The summed E-state index contributed by atoms with van der Waals surface area (Å²) in [5, 5.41) is 7.41. The van der Waals surface area contributed by atoms with Gasteiger partial charge in [0.2, 0.25) is 17.6 Å². The van der Waals surface area contributed by atoms with E-state index in [1.165, 1.54) is 30.3 Å². The molecular weight excluding hydrogens is 588 g/mol. The molecule has 0 spiro atoms. The molecule has 1 aliphatic carbocycles. The summed E-state index contributed by atoms with van der Waals surface area (Å²) in [4.78, 5) is 17.4. The summed E-state index contributed by atoms with van der Waals surface area (Å²) in [6.45, 7) is 1.58. The van der Waals surface area contributed by atoms with Gasteiger partial charge in [0, 0.05) is 26.9 Å². The van der Waals surface area contributed by atoms with Gasteiger partial charge in [0.1, 0.15) is 5.82 Å². The summed E-state index contributed by atoms with van der Waals surface area (Å²) in [5.41, 5.74) is 1.51. The molecule has 0 aliphatic heterocycles. The number of benzene rings is 3. The monoisotopic (exact) mass is 607 g/mol. The first-order valence-electron chi connectivity index (χ1n) is 11.9. The Kier molecular flexibility index (Phi) is 7.45. The van der Waals surface area contributed by atoms with E-state index in [9.17, 15) is 17.6 Å². The van der Waals surface area contributed by atoms with Gasteiger partial charge in [-0.2, -0.15) is 4.98 Å². The van der Waals surface area contributed by atoms with Crippen molar-refractivity contribution < 1.29 is 22.1 Å². The molecular formula is C27H21Cl3FN3O4S. The molecule has 4 aromatic rings. The molecule has 1 saturated carbocycles. The van der Waals surface area contributed by atoms with E-state index in [1.807, 2.05) is 0 Å². The topological polar surface area (TPSA) is 102 Å². The SMILES string of the molecule is CCS(=O)(=O)c1ccc(CC(=O)Nc2cc(Cl)c(C3(c4nc(-c5ccc(F)c(Cl)c5)no4)CC3)c(Cl)c2)cc1. The highest BCUT2D eigenvalue weighted by Crippen LogP contribution is 2.57. The average Bonchev–Trinajstić information content (AvgIpc) is 3.51. The molecule has 7 nitrogen and oxygen atoms in total. The first-order chi connectivity index (χ1) is 18.5. The molecule has 1 aliphatic rings. The van der Waals surface area contributed by atoms with Crippen molar-refractivity contribution in [1.82, 2.24) is 10.1 Å². The number of nitrogens with one attached hydrogen (secondary N) is 1. The zero-order valence-corrected chi connectivity index (χ0v) is 23.6. The molecule has 5 rings (SSSR count). The molecule has 0 saturated heterocycles. The van der Waals surface area contributed by atoms with Crippen LogP contribution in [0, 0.1) is 5.82 Å². The minimum absolute atomic E-state index is 0.00240. The Labute approximate surface area is 239 Å². The Morgan fingerprint density at radius 1 is 1.03 bits per heavy atom. The number of carbonyl (C=O) groups excluding carboxylic acids is 1. The summed E-state index contributed by atoms with van der Waals surface area (Å²) >= 11 is 19.2. The molecule has 1 amide bonds. The van der Waals surface area contributed by atoms with E-state index >= 15 is 0 Å². The fourth-order valence-corrected chi connectivity index (χ4v) is 6.25. The highest BCUT2D eigenvalue weighted by atomic mass is 35.5. The predicted molar refractivity (Wildman–Crippen MR) is 148 cm³/mol. The molecule has 1 aromatic heterocycles. The van der Waals surface area contributed by atoms with Crippen LogP contribution in [0.1, 0.15) is 36.8 Å². The van der Waals surface area contributed by atoms with Crippen molar-refractivity contribution >= 4 is 56.2 Å². The first kappa shape index (κ1) is 27.6. The fourth-order valence-electron chi connectivity index (χ4n) is 4.34. The van der Waals surface area contributed by atoms with E-state index in [-0.39, 0.29) is 33.8 Å². The van der Waals surface area contributed by atoms with Gasteiger partial charge in [0.25, 0.3) is 0 Å². The second-order valence-corrected chi connectivity index (χ2v) is 12.7. The van der Waals surface area contributed by atoms with E-state index in [0.29, 0.717) is 51.2 Å². The number of amides is 1. The van der Waals surface area contributed by atoms with E-state index in [1.54, 1.807) is 31.2 Å². The maximum absolute atomic E-state index is 13.5. The van der Waals surface area contributed by atoms with Crippen molar-refractivity contribution in [3.8, 4) is 11.4 Å². The second kappa shape index (κ2) is 10.5. The van der Waals surface area contributed by atoms with Gasteiger partial charge in [-0.1, -0.05) is 59.0 Å². The van der Waals surface area contributed by atoms with Gasteiger partial charge in [-0.05, 0) is 60.9 Å². The number of aromatic nitrogens is 2. The lowest BCUT2D eigenvalue weighted by molar-refractivity contribution is -0.115. The van der Waals surface area contributed by atoms with Crippen LogP contribution in [0.3, 0.4) is 0 Å². The van der Waals surface area contributed by atoms with Crippen LogP contribution in [-0.4, -0.2) is 30.2 Å². The quantitative estimate of drug-likeness (QED) is 0.234. The number of hydrogen-bond acceptors (Lipinski definition) is 6. The maximum Gasteiger partial charge on any atom is 0.237 e. The van der Waals surface area contributed by atoms with E-state index < -0.39 is 21.1 Å². The zero-order valence-electron chi connectivity index (χ0n) is 20.5. The Hall–Kier alpha value is -2.98. The van der Waals surface area contributed by atoms with Crippen molar-refractivity contribution in [3.63, 3.8) is 0 Å². The summed E-state index contributed by atoms with van der Waals surface area (Å²) < 4.78 is 43.1. The number of carbonyl (C=O) groups is 1. The van der Waals surface area contributed by atoms with Crippen molar-refractivity contribution in [2.45, 2.75) is 36.5 Å². The van der Waals surface area contributed by atoms with Gasteiger partial charge in [0.15, 0.2) is 9.84 Å². The van der Waals surface area contributed by atoms with Crippen molar-refractivity contribution in [2.75, 3.05) is 11.1 Å². The molecule has 1 fully saturated rings. The number of hydrogen-bond donors (Lipinski definition) is 1. The minimum Gasteiger partial charge on any atom is -0.338 e. The Balaban J connectivity index is 1.33. The molecule has 202 valence electrons. The van der Waals surface area contributed by atoms with Gasteiger partial charge >= 0.3 is 0 Å². The molecule has 0 atom stereocenters. The molecule has 39 heavy (non-hydrogen) atoms. The molecule has 1 heterocycles. The molecule has 0 bridgehead atoms. The normalized spacial score (nSPS) is 14.3. The van der Waals surface area contributed by atoms with Crippen molar-refractivity contribution in [2.24, 2.45) is 0 Å². The van der Waals surface area contributed by atoms with Gasteiger partial charge in [0.05, 0.1) is 27.5 Å². The highest BCUT2D eigenvalue weighted by molar-refractivity contribution is 7.91. The first-order valence-corrected chi connectivity index (χ1v) is 14.7. The van der Waals surface area contributed by atoms with E-state index in [4.69, 9.17) is 39.3 Å². The summed E-state index contributed by atoms with van der Waals surface area (Å²) in [5.74, 6) is -0.278. The number of halogens is 4. The number of sulfone groups is 1. The summed E-state index contributed by atoms with van der Waals surface area (Å²) in [6, 6.07) is 13.6. The fraction of sp³-hybridized carbons (Fsp3) is 0.222. The molecule has 1 N–H and O–H groups in total. The van der Waals surface area contributed by atoms with E-state index in [2.05, 4.69) is 15.5 Å². The number of rotatable bonds is 8. The molecule has 0 unspecified atom stereocenters. The third-order valence-electron chi connectivity index (χ3n) is 6.59. The summed E-state index contributed by atoms with van der Waals surface area (Å²) in [7, 11) is -3.31. The van der Waals surface area contributed by atoms with Crippen LogP contribution in [0.25, 0.3) is 11.4 Å². The lowest BCUT2D eigenvalue weighted by Crippen LogP contribution is -2.16. The standard InChI is InChI=1S/C27H21Cl3FN3O4S/c1-2-39(36,37)18-6-3-15(4-7-18)11-23(35)32-17-13-20(29)24(21(30)14-17)27(9-10-27)26-33-25(34-38-26)16-5-8-22(31)19(28)12-16/h3-8,12-14H,2,9-11H2,1H3,(H,32,35). The van der Waals surface area contributed by atoms with Gasteiger partial charge < -0.3 is 9.84 Å². The number of anilines is 1.